The summed E-state index contributed by atoms with van der Waals surface area (Å²) in [7, 11) is 0. The molecule has 0 aliphatic carbocycles. The first-order valence-corrected chi connectivity index (χ1v) is 10.9. The lowest BCUT2D eigenvalue weighted by Crippen LogP contribution is -2.27. The minimum Gasteiger partial charge on any atom is -0.489 e. The maximum absolute atomic E-state index is 12.7. The molecule has 1 aliphatic rings. The maximum Gasteiger partial charge on any atom is 0.289 e. The van der Waals surface area contributed by atoms with E-state index in [1.165, 1.54) is 4.90 Å². The molecule has 1 N–H and O–H groups in total. The number of amides is 3. The highest BCUT2D eigenvalue weighted by Crippen LogP contribution is 2.23. The number of carbonyl (C=O) groups excluding carboxylic acids is 3. The fourth-order valence-electron chi connectivity index (χ4n) is 3.20. The Kier molecular flexibility index (Phi) is 6.27. The molecule has 0 radical (unpaired) electrons. The molecule has 2 heterocycles. The zero-order valence-electron chi connectivity index (χ0n) is 17.6. The summed E-state index contributed by atoms with van der Waals surface area (Å²) < 4.78 is 10.9. The lowest BCUT2D eigenvalue weighted by Gasteiger charge is -2.13. The van der Waals surface area contributed by atoms with Crippen LogP contribution < -0.4 is 10.1 Å². The molecule has 8 nitrogen and oxygen atoms in total. The number of rotatable bonds is 7. The van der Waals surface area contributed by atoms with E-state index in [-0.39, 0.29) is 29.4 Å². The predicted molar refractivity (Wildman–Crippen MR) is 120 cm³/mol. The average molecular weight is 452 g/mol. The third-order valence-corrected chi connectivity index (χ3v) is 5.91. The summed E-state index contributed by atoms with van der Waals surface area (Å²) in [6, 6.07) is 13.9. The van der Waals surface area contributed by atoms with Gasteiger partial charge in [0, 0.05) is 11.3 Å². The van der Waals surface area contributed by atoms with Crippen LogP contribution in [0.15, 0.2) is 53.1 Å². The molecule has 0 spiro atoms. The molecule has 3 aromatic rings. The summed E-state index contributed by atoms with van der Waals surface area (Å²) in [5.41, 5.74) is 3.53. The third kappa shape index (κ3) is 4.83. The molecular formula is C23H21N3O5S. The number of thioether (sulfide) groups is 1. The standard InChI is InChI=1S/C23H21N3O5S/c1-14-20(15(2)31-25-14)12-30-19-5-3-4-17(10-19)22(28)24-18-8-6-16(7-9-18)11-26-21(27)13-32-23(26)29/h3-10H,11-13H2,1-2H3,(H,24,28). The van der Waals surface area contributed by atoms with E-state index in [0.29, 0.717) is 29.4 Å². The molecule has 164 valence electrons. The van der Waals surface area contributed by atoms with E-state index in [2.05, 4.69) is 10.5 Å². The van der Waals surface area contributed by atoms with Crippen LogP contribution in [0.1, 0.15) is 32.9 Å². The normalized spacial score (nSPS) is 13.5. The van der Waals surface area contributed by atoms with Crippen LogP contribution in [0.25, 0.3) is 0 Å². The predicted octanol–water partition coefficient (Wildman–Crippen LogP) is 4.32. The van der Waals surface area contributed by atoms with Crippen molar-refractivity contribution < 1.29 is 23.6 Å². The lowest BCUT2D eigenvalue weighted by atomic mass is 10.1. The summed E-state index contributed by atoms with van der Waals surface area (Å²) in [6.45, 7) is 4.20. The average Bonchev–Trinajstić information content (AvgIpc) is 3.28. The molecule has 0 unspecified atom stereocenters. The summed E-state index contributed by atoms with van der Waals surface area (Å²) in [6.07, 6.45) is 0. The molecule has 0 saturated carbocycles. The van der Waals surface area contributed by atoms with Crippen LogP contribution in [0.5, 0.6) is 5.75 Å². The molecule has 1 aliphatic heterocycles. The number of anilines is 1. The minimum absolute atomic E-state index is 0.186. The topological polar surface area (TPSA) is 102 Å². The van der Waals surface area contributed by atoms with Crippen LogP contribution in [-0.2, 0) is 17.9 Å². The Morgan fingerprint density at radius 3 is 2.62 bits per heavy atom. The summed E-state index contributed by atoms with van der Waals surface area (Å²) >= 11 is 1.01. The molecule has 0 atom stereocenters. The van der Waals surface area contributed by atoms with Crippen molar-refractivity contribution in [2.45, 2.75) is 27.0 Å². The monoisotopic (exact) mass is 451 g/mol. The van der Waals surface area contributed by atoms with Crippen molar-refractivity contribution >= 4 is 34.5 Å². The second-order valence-electron chi connectivity index (χ2n) is 7.30. The molecule has 2 aromatic carbocycles. The molecule has 1 fully saturated rings. The number of nitrogens with one attached hydrogen (secondary N) is 1. The Labute approximate surface area is 188 Å². The van der Waals surface area contributed by atoms with E-state index in [4.69, 9.17) is 9.26 Å². The first-order valence-electron chi connectivity index (χ1n) is 9.93. The summed E-state index contributed by atoms with van der Waals surface area (Å²) in [5.74, 6) is 0.993. The molecular weight excluding hydrogens is 430 g/mol. The lowest BCUT2D eigenvalue weighted by molar-refractivity contribution is -0.125. The van der Waals surface area contributed by atoms with Gasteiger partial charge >= 0.3 is 0 Å². The van der Waals surface area contributed by atoms with Crippen LogP contribution in [0.4, 0.5) is 10.5 Å². The van der Waals surface area contributed by atoms with Crippen LogP contribution in [-0.4, -0.2) is 32.9 Å². The Morgan fingerprint density at radius 2 is 1.97 bits per heavy atom. The fraction of sp³-hybridized carbons (Fsp3) is 0.217. The number of ether oxygens (including phenoxy) is 1. The van der Waals surface area contributed by atoms with Gasteiger partial charge in [0.05, 0.1) is 23.6 Å². The molecule has 9 heteroatoms. The fourth-order valence-corrected chi connectivity index (χ4v) is 3.93. The van der Waals surface area contributed by atoms with Gasteiger partial charge in [0.2, 0.25) is 5.91 Å². The Morgan fingerprint density at radius 1 is 1.19 bits per heavy atom. The Balaban J connectivity index is 1.37. The van der Waals surface area contributed by atoms with Gasteiger partial charge < -0.3 is 14.6 Å². The molecule has 3 amide bonds. The van der Waals surface area contributed by atoms with E-state index in [1.54, 1.807) is 48.5 Å². The van der Waals surface area contributed by atoms with Gasteiger partial charge in [-0.1, -0.05) is 35.1 Å². The highest BCUT2D eigenvalue weighted by Gasteiger charge is 2.29. The number of benzene rings is 2. The first-order chi connectivity index (χ1) is 15.4. The van der Waals surface area contributed by atoms with E-state index in [1.807, 2.05) is 13.8 Å². The van der Waals surface area contributed by atoms with Gasteiger partial charge in [-0.3, -0.25) is 19.3 Å². The van der Waals surface area contributed by atoms with Gasteiger partial charge in [0.25, 0.3) is 11.1 Å². The second-order valence-corrected chi connectivity index (χ2v) is 8.23. The van der Waals surface area contributed by atoms with E-state index < -0.39 is 0 Å². The smallest absolute Gasteiger partial charge is 0.289 e. The Hall–Kier alpha value is -3.59. The number of imide groups is 1. The zero-order chi connectivity index (χ0) is 22.7. The van der Waals surface area contributed by atoms with Crippen molar-refractivity contribution in [1.82, 2.24) is 10.1 Å². The van der Waals surface area contributed by atoms with E-state index in [9.17, 15) is 14.4 Å². The van der Waals surface area contributed by atoms with Crippen LogP contribution in [0.2, 0.25) is 0 Å². The number of hydrogen-bond donors (Lipinski definition) is 1. The SMILES string of the molecule is Cc1noc(C)c1COc1cccc(C(=O)Nc2ccc(CN3C(=O)CSC3=O)cc2)c1. The van der Waals surface area contributed by atoms with Crippen molar-refractivity contribution in [2.24, 2.45) is 0 Å². The molecule has 1 aromatic heterocycles. The van der Waals surface area contributed by atoms with Gasteiger partial charge in [0.15, 0.2) is 0 Å². The van der Waals surface area contributed by atoms with Gasteiger partial charge in [-0.25, -0.2) is 0 Å². The van der Waals surface area contributed by atoms with Crippen LogP contribution in [0.3, 0.4) is 0 Å². The van der Waals surface area contributed by atoms with Crippen molar-refractivity contribution in [3.63, 3.8) is 0 Å². The highest BCUT2D eigenvalue weighted by molar-refractivity contribution is 8.14. The molecule has 0 bridgehead atoms. The van der Waals surface area contributed by atoms with Gasteiger partial charge in [-0.15, -0.1) is 0 Å². The van der Waals surface area contributed by atoms with Gasteiger partial charge in [0.1, 0.15) is 18.1 Å². The number of carbonyl (C=O) groups is 3. The van der Waals surface area contributed by atoms with Gasteiger partial charge in [-0.05, 0) is 49.7 Å². The van der Waals surface area contributed by atoms with Crippen LogP contribution in [0, 0.1) is 13.8 Å². The van der Waals surface area contributed by atoms with E-state index >= 15 is 0 Å². The van der Waals surface area contributed by atoms with Crippen molar-refractivity contribution in [3.8, 4) is 5.75 Å². The zero-order valence-corrected chi connectivity index (χ0v) is 18.4. The maximum atomic E-state index is 12.7. The van der Waals surface area contributed by atoms with Crippen molar-refractivity contribution in [1.29, 1.82) is 0 Å². The quantitative estimate of drug-likeness (QED) is 0.571. The minimum atomic E-state index is -0.276. The number of aryl methyl sites for hydroxylation is 2. The number of hydrogen-bond acceptors (Lipinski definition) is 7. The largest absolute Gasteiger partial charge is 0.489 e. The molecule has 1 saturated heterocycles. The second kappa shape index (κ2) is 9.27. The third-order valence-electron chi connectivity index (χ3n) is 5.05. The summed E-state index contributed by atoms with van der Waals surface area (Å²) in [4.78, 5) is 37.4. The van der Waals surface area contributed by atoms with E-state index in [0.717, 1.165) is 28.6 Å². The first kappa shape index (κ1) is 21.6. The molecule has 4 rings (SSSR count). The Bertz CT molecular complexity index is 1140. The van der Waals surface area contributed by atoms with Crippen molar-refractivity contribution in [3.05, 3.63) is 76.7 Å². The van der Waals surface area contributed by atoms with Crippen molar-refractivity contribution in [2.75, 3.05) is 11.1 Å². The summed E-state index contributed by atoms with van der Waals surface area (Å²) in [5, 5.41) is 6.52. The highest BCUT2D eigenvalue weighted by atomic mass is 32.2. The van der Waals surface area contributed by atoms with Crippen LogP contribution >= 0.6 is 11.8 Å². The molecule has 32 heavy (non-hydrogen) atoms. The number of nitrogens with zero attached hydrogens (tertiary/aromatic N) is 2. The number of aromatic nitrogens is 1. The van der Waals surface area contributed by atoms with Gasteiger partial charge in [-0.2, -0.15) is 0 Å².